The Morgan fingerprint density at radius 2 is 1.86 bits per heavy atom. The van der Waals surface area contributed by atoms with Crippen LogP contribution in [-0.4, -0.2) is 19.6 Å². The summed E-state index contributed by atoms with van der Waals surface area (Å²) in [7, 11) is 0. The molecule has 0 saturated carbocycles. The molecule has 0 aliphatic heterocycles. The first-order valence-electron chi connectivity index (χ1n) is 6.81. The molecule has 0 unspecified atom stereocenters. The lowest BCUT2D eigenvalue weighted by atomic mass is 10.3. The number of alkyl halides is 3. The maximum absolute atomic E-state index is 12.8. The van der Waals surface area contributed by atoms with Crippen LogP contribution >= 0.6 is 0 Å². The van der Waals surface area contributed by atoms with Gasteiger partial charge in [-0.1, -0.05) is 0 Å². The number of halogens is 3. The molecule has 5 nitrogen and oxygen atoms in total. The van der Waals surface area contributed by atoms with Crippen molar-refractivity contribution < 1.29 is 13.2 Å². The third-order valence-corrected chi connectivity index (χ3v) is 3.14. The van der Waals surface area contributed by atoms with Crippen LogP contribution < -0.4 is 5.32 Å². The second-order valence-electron chi connectivity index (χ2n) is 4.58. The van der Waals surface area contributed by atoms with Gasteiger partial charge in [-0.25, -0.2) is 0 Å². The molecule has 0 radical (unpaired) electrons. The molecule has 2 aromatic rings. The number of hydrogen-bond acceptors (Lipinski definition) is 3. The highest BCUT2D eigenvalue weighted by Crippen LogP contribution is 2.29. The summed E-state index contributed by atoms with van der Waals surface area (Å²) in [5.74, 6) is 0. The molecular formula is C13H18F3N5. The summed E-state index contributed by atoms with van der Waals surface area (Å²) in [4.78, 5) is 0. The van der Waals surface area contributed by atoms with Crippen molar-refractivity contribution in [1.82, 2.24) is 24.9 Å². The summed E-state index contributed by atoms with van der Waals surface area (Å²) in [6.07, 6.45) is -2.67. The Bertz CT molecular complexity index is 585. The van der Waals surface area contributed by atoms with E-state index in [0.717, 1.165) is 23.0 Å². The van der Waals surface area contributed by atoms with Crippen LogP contribution in [0.5, 0.6) is 0 Å². The normalized spacial score (nSPS) is 12.0. The third-order valence-electron chi connectivity index (χ3n) is 3.14. The molecule has 1 N–H and O–H groups in total. The van der Waals surface area contributed by atoms with Gasteiger partial charge in [-0.2, -0.15) is 23.4 Å². The molecule has 116 valence electrons. The van der Waals surface area contributed by atoms with Crippen LogP contribution in [-0.2, 0) is 32.4 Å². The highest BCUT2D eigenvalue weighted by molar-refractivity contribution is 5.13. The Kier molecular flexibility index (Phi) is 4.66. The Morgan fingerprint density at radius 3 is 2.43 bits per heavy atom. The van der Waals surface area contributed by atoms with E-state index in [1.807, 2.05) is 17.7 Å². The Balaban J connectivity index is 1.99. The maximum atomic E-state index is 12.8. The molecule has 2 heterocycles. The first-order chi connectivity index (χ1) is 9.95. The summed E-state index contributed by atoms with van der Waals surface area (Å²) in [6, 6.07) is 2.97. The van der Waals surface area contributed by atoms with E-state index in [2.05, 4.69) is 15.5 Å². The zero-order chi connectivity index (χ0) is 15.5. The largest absolute Gasteiger partial charge is 0.433 e. The molecule has 21 heavy (non-hydrogen) atoms. The van der Waals surface area contributed by atoms with Gasteiger partial charge in [-0.15, -0.1) is 0 Å². The smallest absolute Gasteiger partial charge is 0.305 e. The second kappa shape index (κ2) is 6.30. The molecule has 0 spiro atoms. The molecule has 0 aliphatic rings. The number of rotatable bonds is 6. The Hall–Kier alpha value is -1.83. The van der Waals surface area contributed by atoms with E-state index in [1.54, 1.807) is 13.1 Å². The van der Waals surface area contributed by atoms with Crippen molar-refractivity contribution >= 4 is 0 Å². The van der Waals surface area contributed by atoms with Gasteiger partial charge in [0.15, 0.2) is 0 Å². The molecule has 0 atom stereocenters. The van der Waals surface area contributed by atoms with Gasteiger partial charge in [-0.3, -0.25) is 9.36 Å². The van der Waals surface area contributed by atoms with Gasteiger partial charge in [0.25, 0.3) is 0 Å². The minimum absolute atomic E-state index is 0.192. The van der Waals surface area contributed by atoms with Gasteiger partial charge in [0.05, 0.1) is 11.4 Å². The number of aromatic nitrogens is 4. The van der Waals surface area contributed by atoms with Crippen LogP contribution in [0.15, 0.2) is 18.3 Å². The summed E-state index contributed by atoms with van der Waals surface area (Å²) in [6.45, 7) is 5.39. The lowest BCUT2D eigenvalue weighted by Gasteiger charge is -2.07. The molecular weight excluding hydrogens is 283 g/mol. The van der Waals surface area contributed by atoms with E-state index in [0.29, 0.717) is 12.2 Å². The Morgan fingerprint density at radius 1 is 1.14 bits per heavy atom. The summed E-state index contributed by atoms with van der Waals surface area (Å²) < 4.78 is 41.2. The van der Waals surface area contributed by atoms with Crippen molar-refractivity contribution in [1.29, 1.82) is 0 Å². The van der Waals surface area contributed by atoms with Gasteiger partial charge in [0, 0.05) is 32.4 Å². The van der Waals surface area contributed by atoms with Crippen LogP contribution in [0.3, 0.4) is 0 Å². The predicted molar refractivity (Wildman–Crippen MR) is 71.3 cm³/mol. The van der Waals surface area contributed by atoms with Crippen LogP contribution in [0.2, 0.25) is 0 Å². The Labute approximate surface area is 120 Å². The zero-order valence-corrected chi connectivity index (χ0v) is 12.0. The average Bonchev–Trinajstić information content (AvgIpc) is 3.04. The second-order valence-corrected chi connectivity index (χ2v) is 4.58. The number of nitrogens with zero attached hydrogens (tertiary/aromatic N) is 4. The van der Waals surface area contributed by atoms with Crippen molar-refractivity contribution in [3.8, 4) is 0 Å². The van der Waals surface area contributed by atoms with Gasteiger partial charge in [0.2, 0.25) is 0 Å². The fraction of sp³-hybridized carbons (Fsp3) is 0.538. The standard InChI is InChI=1S/C13H18F3N5/c1-3-20-11(5-6-18-20)9-17-8-10-7-12(13(14,15)16)21(4-2)19-10/h5-7,17H,3-4,8-9H2,1-2H3. The summed E-state index contributed by atoms with van der Waals surface area (Å²) >= 11 is 0. The van der Waals surface area contributed by atoms with Crippen LogP contribution in [0.25, 0.3) is 0 Å². The predicted octanol–water partition coefficient (Wildman–Crippen LogP) is 2.43. The van der Waals surface area contributed by atoms with Crippen molar-refractivity contribution in [3.05, 3.63) is 35.4 Å². The molecule has 0 amide bonds. The third kappa shape index (κ3) is 3.63. The number of nitrogens with one attached hydrogen (secondary N) is 1. The molecule has 0 aliphatic carbocycles. The van der Waals surface area contributed by atoms with Gasteiger partial charge >= 0.3 is 6.18 Å². The lowest BCUT2D eigenvalue weighted by Crippen LogP contribution is -2.16. The molecule has 2 aromatic heterocycles. The quantitative estimate of drug-likeness (QED) is 0.891. The average molecular weight is 301 g/mol. The van der Waals surface area contributed by atoms with Crippen LogP contribution in [0, 0.1) is 0 Å². The summed E-state index contributed by atoms with van der Waals surface area (Å²) in [5, 5.41) is 11.2. The molecule has 0 aromatic carbocycles. The zero-order valence-electron chi connectivity index (χ0n) is 12.0. The van der Waals surface area contributed by atoms with Gasteiger partial charge in [-0.05, 0) is 26.0 Å². The highest BCUT2D eigenvalue weighted by atomic mass is 19.4. The van der Waals surface area contributed by atoms with E-state index >= 15 is 0 Å². The first-order valence-corrected chi connectivity index (χ1v) is 6.81. The first kappa shape index (κ1) is 15.6. The van der Waals surface area contributed by atoms with E-state index in [9.17, 15) is 13.2 Å². The SMILES string of the molecule is CCn1nccc1CNCc1cc(C(F)(F)F)n(CC)n1. The van der Waals surface area contributed by atoms with Crippen LogP contribution in [0.1, 0.15) is 30.9 Å². The molecule has 0 fully saturated rings. The van der Waals surface area contributed by atoms with E-state index < -0.39 is 11.9 Å². The molecule has 0 saturated heterocycles. The van der Waals surface area contributed by atoms with Gasteiger partial charge in [0.1, 0.15) is 5.69 Å². The van der Waals surface area contributed by atoms with Crippen molar-refractivity contribution in [2.75, 3.05) is 0 Å². The van der Waals surface area contributed by atoms with E-state index in [4.69, 9.17) is 0 Å². The number of aryl methyl sites for hydroxylation is 2. The van der Waals surface area contributed by atoms with E-state index in [-0.39, 0.29) is 13.1 Å². The molecule has 8 heteroatoms. The summed E-state index contributed by atoms with van der Waals surface area (Å²) in [5.41, 5.74) is 0.663. The lowest BCUT2D eigenvalue weighted by molar-refractivity contribution is -0.144. The molecule has 0 bridgehead atoms. The number of hydrogen-bond donors (Lipinski definition) is 1. The fourth-order valence-corrected chi connectivity index (χ4v) is 2.14. The minimum Gasteiger partial charge on any atom is -0.305 e. The van der Waals surface area contributed by atoms with E-state index in [1.165, 1.54) is 0 Å². The van der Waals surface area contributed by atoms with Gasteiger partial charge < -0.3 is 5.32 Å². The minimum atomic E-state index is -4.37. The fourth-order valence-electron chi connectivity index (χ4n) is 2.14. The topological polar surface area (TPSA) is 47.7 Å². The van der Waals surface area contributed by atoms with Crippen molar-refractivity contribution in [2.24, 2.45) is 0 Å². The highest BCUT2D eigenvalue weighted by Gasteiger charge is 2.35. The maximum Gasteiger partial charge on any atom is 0.433 e. The monoisotopic (exact) mass is 301 g/mol. The van der Waals surface area contributed by atoms with Crippen molar-refractivity contribution in [2.45, 2.75) is 46.2 Å². The molecule has 2 rings (SSSR count). The van der Waals surface area contributed by atoms with Crippen LogP contribution in [0.4, 0.5) is 13.2 Å². The van der Waals surface area contributed by atoms with Crippen molar-refractivity contribution in [3.63, 3.8) is 0 Å².